The second kappa shape index (κ2) is 2.93. The summed E-state index contributed by atoms with van der Waals surface area (Å²) in [5.74, 6) is 1.72. The summed E-state index contributed by atoms with van der Waals surface area (Å²) < 4.78 is 0. The molecule has 0 nitrogen and oxygen atoms in total. The number of hydrogen-bond acceptors (Lipinski definition) is 0. The number of hydrogen-bond donors (Lipinski definition) is 0. The summed E-state index contributed by atoms with van der Waals surface area (Å²) >= 11 is 0. The quantitative estimate of drug-likeness (QED) is 0.547. The molecule has 0 heterocycles. The Bertz CT molecular complexity index is 246. The SMILES string of the molecule is C[C@H]1Cc2ccccc2C[C@@H]1C. The first-order chi connectivity index (χ1) is 5.77. The third-order valence-electron chi connectivity index (χ3n) is 3.17. The molecule has 0 spiro atoms. The Kier molecular flexibility index (Phi) is 1.92. The number of fused-ring (bicyclic) bond motifs is 1. The predicted molar refractivity (Wildman–Crippen MR) is 52.2 cm³/mol. The van der Waals surface area contributed by atoms with Crippen molar-refractivity contribution in [1.29, 1.82) is 0 Å². The zero-order valence-corrected chi connectivity index (χ0v) is 7.88. The molecule has 0 saturated heterocycles. The molecule has 0 radical (unpaired) electrons. The van der Waals surface area contributed by atoms with Crippen molar-refractivity contribution >= 4 is 0 Å². The standard InChI is InChI=1S/C12H16/c1-9-7-11-5-3-4-6-12(11)8-10(9)2/h3-6,9-10H,7-8H2,1-2H3/t9-,10-/m0/s1. The van der Waals surface area contributed by atoms with Crippen molar-refractivity contribution < 1.29 is 0 Å². The average Bonchev–Trinajstić information content (AvgIpc) is 2.07. The summed E-state index contributed by atoms with van der Waals surface area (Å²) in [4.78, 5) is 0. The zero-order chi connectivity index (χ0) is 8.55. The third-order valence-corrected chi connectivity index (χ3v) is 3.17. The van der Waals surface area contributed by atoms with Crippen molar-refractivity contribution in [1.82, 2.24) is 0 Å². The van der Waals surface area contributed by atoms with Crippen LogP contribution in [0.2, 0.25) is 0 Å². The van der Waals surface area contributed by atoms with E-state index in [0.717, 1.165) is 11.8 Å². The molecule has 1 aromatic rings. The predicted octanol–water partition coefficient (Wildman–Crippen LogP) is 3.06. The normalized spacial score (nSPS) is 28.2. The average molecular weight is 160 g/mol. The molecule has 0 unspecified atom stereocenters. The van der Waals surface area contributed by atoms with E-state index in [4.69, 9.17) is 0 Å². The lowest BCUT2D eigenvalue weighted by atomic mass is 9.78. The molecular formula is C12H16. The minimum Gasteiger partial charge on any atom is -0.0620 e. The second-order valence-electron chi connectivity index (χ2n) is 4.13. The lowest BCUT2D eigenvalue weighted by molar-refractivity contribution is 0.361. The molecule has 0 aromatic heterocycles. The number of rotatable bonds is 0. The molecule has 1 aliphatic rings. The van der Waals surface area contributed by atoms with Gasteiger partial charge in [0.2, 0.25) is 0 Å². The van der Waals surface area contributed by atoms with E-state index in [-0.39, 0.29) is 0 Å². The Morgan fingerprint density at radius 1 is 0.917 bits per heavy atom. The Morgan fingerprint density at radius 3 is 1.75 bits per heavy atom. The van der Waals surface area contributed by atoms with Crippen LogP contribution in [0.15, 0.2) is 24.3 Å². The summed E-state index contributed by atoms with van der Waals surface area (Å²) in [6.45, 7) is 4.72. The van der Waals surface area contributed by atoms with E-state index in [1.54, 1.807) is 11.1 Å². The van der Waals surface area contributed by atoms with Crippen LogP contribution in [-0.2, 0) is 12.8 Å². The summed E-state index contributed by atoms with van der Waals surface area (Å²) in [6, 6.07) is 8.86. The molecule has 0 amide bonds. The molecule has 12 heavy (non-hydrogen) atoms. The first-order valence-corrected chi connectivity index (χ1v) is 4.84. The van der Waals surface area contributed by atoms with E-state index >= 15 is 0 Å². The highest BCUT2D eigenvalue weighted by atomic mass is 14.3. The minimum atomic E-state index is 0.861. The van der Waals surface area contributed by atoms with E-state index in [2.05, 4.69) is 38.1 Å². The van der Waals surface area contributed by atoms with Crippen LogP contribution < -0.4 is 0 Å². The van der Waals surface area contributed by atoms with Gasteiger partial charge in [-0.3, -0.25) is 0 Å². The van der Waals surface area contributed by atoms with E-state index < -0.39 is 0 Å². The number of benzene rings is 1. The maximum absolute atomic E-state index is 2.36. The van der Waals surface area contributed by atoms with E-state index in [1.165, 1.54) is 12.8 Å². The Hall–Kier alpha value is -0.780. The molecule has 0 aliphatic heterocycles. The summed E-state index contributed by atoms with van der Waals surface area (Å²) in [5, 5.41) is 0. The maximum Gasteiger partial charge on any atom is -0.0248 e. The van der Waals surface area contributed by atoms with Crippen LogP contribution in [0.3, 0.4) is 0 Å². The highest BCUT2D eigenvalue weighted by Crippen LogP contribution is 2.29. The van der Waals surface area contributed by atoms with E-state index in [1.807, 2.05) is 0 Å². The van der Waals surface area contributed by atoms with Gasteiger partial charge in [-0.25, -0.2) is 0 Å². The van der Waals surface area contributed by atoms with Crippen LogP contribution in [0.25, 0.3) is 0 Å². The molecule has 1 aliphatic carbocycles. The Labute approximate surface area is 74.6 Å². The molecule has 64 valence electrons. The lowest BCUT2D eigenvalue weighted by Crippen LogP contribution is -2.20. The fourth-order valence-electron chi connectivity index (χ4n) is 2.05. The first-order valence-electron chi connectivity index (χ1n) is 4.84. The Morgan fingerprint density at radius 2 is 1.33 bits per heavy atom. The topological polar surface area (TPSA) is 0 Å². The fourth-order valence-corrected chi connectivity index (χ4v) is 2.05. The van der Waals surface area contributed by atoms with E-state index in [9.17, 15) is 0 Å². The van der Waals surface area contributed by atoms with Gasteiger partial charge in [0.1, 0.15) is 0 Å². The van der Waals surface area contributed by atoms with Crippen molar-refractivity contribution in [3.05, 3.63) is 35.4 Å². The van der Waals surface area contributed by atoms with Crippen LogP contribution in [-0.4, -0.2) is 0 Å². The minimum absolute atomic E-state index is 0.861. The molecule has 0 saturated carbocycles. The smallest absolute Gasteiger partial charge is 0.0248 e. The molecule has 0 bridgehead atoms. The van der Waals surface area contributed by atoms with Gasteiger partial charge in [0.15, 0.2) is 0 Å². The van der Waals surface area contributed by atoms with Crippen LogP contribution in [0.1, 0.15) is 25.0 Å². The third kappa shape index (κ3) is 1.26. The molecule has 2 atom stereocenters. The summed E-state index contributed by atoms with van der Waals surface area (Å²) in [5.41, 5.74) is 3.14. The van der Waals surface area contributed by atoms with Gasteiger partial charge in [0.25, 0.3) is 0 Å². The van der Waals surface area contributed by atoms with Gasteiger partial charge in [-0.05, 0) is 35.8 Å². The highest BCUT2D eigenvalue weighted by Gasteiger charge is 2.20. The summed E-state index contributed by atoms with van der Waals surface area (Å²) in [7, 11) is 0. The molecule has 0 heteroatoms. The molecule has 2 rings (SSSR count). The van der Waals surface area contributed by atoms with Crippen molar-refractivity contribution in [2.24, 2.45) is 11.8 Å². The van der Waals surface area contributed by atoms with Gasteiger partial charge in [-0.15, -0.1) is 0 Å². The first kappa shape index (κ1) is 7.85. The van der Waals surface area contributed by atoms with Crippen molar-refractivity contribution in [3.63, 3.8) is 0 Å². The van der Waals surface area contributed by atoms with Gasteiger partial charge >= 0.3 is 0 Å². The lowest BCUT2D eigenvalue weighted by Gasteiger charge is -2.27. The van der Waals surface area contributed by atoms with Gasteiger partial charge in [0, 0.05) is 0 Å². The van der Waals surface area contributed by atoms with Crippen LogP contribution >= 0.6 is 0 Å². The van der Waals surface area contributed by atoms with Crippen molar-refractivity contribution in [3.8, 4) is 0 Å². The molecule has 0 fully saturated rings. The fraction of sp³-hybridized carbons (Fsp3) is 0.500. The van der Waals surface area contributed by atoms with Crippen LogP contribution in [0.4, 0.5) is 0 Å². The highest BCUT2D eigenvalue weighted by molar-refractivity contribution is 5.30. The van der Waals surface area contributed by atoms with Gasteiger partial charge < -0.3 is 0 Å². The zero-order valence-electron chi connectivity index (χ0n) is 7.88. The van der Waals surface area contributed by atoms with Gasteiger partial charge in [-0.1, -0.05) is 38.1 Å². The second-order valence-corrected chi connectivity index (χ2v) is 4.13. The molecule has 0 N–H and O–H groups in total. The summed E-state index contributed by atoms with van der Waals surface area (Å²) in [6.07, 6.45) is 2.55. The monoisotopic (exact) mass is 160 g/mol. The largest absolute Gasteiger partial charge is 0.0620 e. The van der Waals surface area contributed by atoms with Crippen LogP contribution in [0, 0.1) is 11.8 Å². The van der Waals surface area contributed by atoms with Crippen LogP contribution in [0.5, 0.6) is 0 Å². The maximum atomic E-state index is 2.36. The van der Waals surface area contributed by atoms with Gasteiger partial charge in [0.05, 0.1) is 0 Å². The van der Waals surface area contributed by atoms with Crippen molar-refractivity contribution in [2.75, 3.05) is 0 Å². The van der Waals surface area contributed by atoms with Crippen molar-refractivity contribution in [2.45, 2.75) is 26.7 Å². The molecule has 1 aromatic carbocycles. The Balaban J connectivity index is 2.34. The van der Waals surface area contributed by atoms with Gasteiger partial charge in [-0.2, -0.15) is 0 Å². The molecular weight excluding hydrogens is 144 g/mol. The van der Waals surface area contributed by atoms with E-state index in [0.29, 0.717) is 0 Å².